The van der Waals surface area contributed by atoms with E-state index in [0.29, 0.717) is 0 Å². The summed E-state index contributed by atoms with van der Waals surface area (Å²) in [6.45, 7) is 3.79. The van der Waals surface area contributed by atoms with Crippen molar-refractivity contribution in [3.8, 4) is 11.1 Å². The van der Waals surface area contributed by atoms with E-state index in [1.807, 2.05) is 33.0 Å². The number of hydrogen-bond acceptors (Lipinski definition) is 4. The fourth-order valence-electron chi connectivity index (χ4n) is 4.40. The molecule has 3 aromatic rings. The Hall–Kier alpha value is -2.93. The number of urea groups is 1. The van der Waals surface area contributed by atoms with Gasteiger partial charge in [-0.05, 0) is 56.0 Å². The van der Waals surface area contributed by atoms with Gasteiger partial charge in [0, 0.05) is 42.0 Å². The van der Waals surface area contributed by atoms with Crippen LogP contribution in [0.5, 0.6) is 0 Å². The molecule has 2 aromatic heterocycles. The molecule has 6 nitrogen and oxygen atoms in total. The number of nitrogens with one attached hydrogen (secondary N) is 3. The molecule has 2 heterocycles. The van der Waals surface area contributed by atoms with Gasteiger partial charge in [0.1, 0.15) is 11.6 Å². The molecule has 1 aliphatic rings. The van der Waals surface area contributed by atoms with Crippen molar-refractivity contribution < 1.29 is 9.18 Å². The van der Waals surface area contributed by atoms with E-state index in [4.69, 9.17) is 4.98 Å². The number of rotatable bonds is 4. The topological polar surface area (TPSA) is 78.9 Å². The number of fused-ring (bicyclic) bond motifs is 1. The van der Waals surface area contributed by atoms with E-state index in [0.717, 1.165) is 64.8 Å². The Balaban J connectivity index is 0.00000306. The van der Waals surface area contributed by atoms with E-state index < -0.39 is 5.82 Å². The van der Waals surface area contributed by atoms with Gasteiger partial charge in [-0.1, -0.05) is 25.7 Å². The van der Waals surface area contributed by atoms with E-state index in [2.05, 4.69) is 20.9 Å². The van der Waals surface area contributed by atoms with Gasteiger partial charge in [0.2, 0.25) is 0 Å². The van der Waals surface area contributed by atoms with Crippen molar-refractivity contribution in [1.29, 1.82) is 0 Å². The standard InChI is InChI=1S/C25H30FN5O.ClH/c1-15-10-21(26)23(31-25(32)30-18-8-6-4-5-7-9-18)12-19(15)20-11-17-14-28-24(27-3)13-22(17)29-16(20)2;/h10-14,18H,4-9H2,1-3H3,(H,27,28)(H2,30,31,32);1H. The molecule has 1 fully saturated rings. The fraction of sp³-hybridized carbons (Fsp3) is 0.400. The second kappa shape index (κ2) is 10.8. The second-order valence-electron chi connectivity index (χ2n) is 8.57. The number of carbonyl (C=O) groups is 1. The number of amides is 2. The van der Waals surface area contributed by atoms with Crippen LogP contribution >= 0.6 is 12.4 Å². The smallest absolute Gasteiger partial charge is 0.319 e. The highest BCUT2D eigenvalue weighted by molar-refractivity contribution is 5.92. The molecule has 0 aliphatic heterocycles. The van der Waals surface area contributed by atoms with Gasteiger partial charge in [-0.3, -0.25) is 4.98 Å². The Bertz CT molecular complexity index is 1150. The first-order chi connectivity index (χ1) is 15.4. The highest BCUT2D eigenvalue weighted by Crippen LogP contribution is 2.32. The van der Waals surface area contributed by atoms with Crippen LogP contribution in [0.3, 0.4) is 0 Å². The van der Waals surface area contributed by atoms with Crippen molar-refractivity contribution in [2.75, 3.05) is 17.7 Å². The summed E-state index contributed by atoms with van der Waals surface area (Å²) in [7, 11) is 1.82. The number of aromatic nitrogens is 2. The Morgan fingerprint density at radius 2 is 1.76 bits per heavy atom. The van der Waals surface area contributed by atoms with Gasteiger partial charge in [-0.15, -0.1) is 12.4 Å². The maximum Gasteiger partial charge on any atom is 0.319 e. The first kappa shape index (κ1) is 24.7. The Kier molecular flexibility index (Phi) is 8.08. The molecule has 2 amide bonds. The fourth-order valence-corrected chi connectivity index (χ4v) is 4.40. The summed E-state index contributed by atoms with van der Waals surface area (Å²) in [5, 5.41) is 9.65. The van der Waals surface area contributed by atoms with Crippen molar-refractivity contribution in [1.82, 2.24) is 15.3 Å². The molecule has 0 saturated heterocycles. The molecule has 0 bridgehead atoms. The van der Waals surface area contributed by atoms with Gasteiger partial charge in [-0.25, -0.2) is 14.2 Å². The Morgan fingerprint density at radius 3 is 2.45 bits per heavy atom. The molecular weight excluding hydrogens is 441 g/mol. The highest BCUT2D eigenvalue weighted by Gasteiger charge is 2.18. The third-order valence-corrected chi connectivity index (χ3v) is 6.19. The van der Waals surface area contributed by atoms with E-state index in [9.17, 15) is 9.18 Å². The Labute approximate surface area is 200 Å². The molecule has 4 rings (SSSR count). The predicted molar refractivity (Wildman–Crippen MR) is 135 cm³/mol. The predicted octanol–water partition coefficient (Wildman–Crippen LogP) is 6.36. The number of benzene rings is 1. The SMILES string of the molecule is CNc1cc2nc(C)c(-c3cc(NC(=O)NC4CCCCCC4)c(F)cc3C)cc2cn1.Cl. The molecule has 8 heteroatoms. The van der Waals surface area contributed by atoms with Crippen molar-refractivity contribution in [2.45, 2.75) is 58.4 Å². The largest absolute Gasteiger partial charge is 0.373 e. The summed E-state index contributed by atoms with van der Waals surface area (Å²) in [6.07, 6.45) is 8.37. The average Bonchev–Trinajstić information content (AvgIpc) is 3.03. The number of aryl methyl sites for hydroxylation is 2. The normalized spacial score (nSPS) is 14.3. The molecule has 0 unspecified atom stereocenters. The minimum absolute atomic E-state index is 0. The summed E-state index contributed by atoms with van der Waals surface area (Å²) >= 11 is 0. The molecule has 0 spiro atoms. The van der Waals surface area contributed by atoms with Crippen LogP contribution in [0.2, 0.25) is 0 Å². The van der Waals surface area contributed by atoms with Gasteiger partial charge in [0.15, 0.2) is 0 Å². The minimum atomic E-state index is -0.450. The summed E-state index contributed by atoms with van der Waals surface area (Å²) in [5.74, 6) is 0.301. The van der Waals surface area contributed by atoms with Crippen LogP contribution in [-0.4, -0.2) is 29.1 Å². The third kappa shape index (κ3) is 5.71. The summed E-state index contributed by atoms with van der Waals surface area (Å²) in [6, 6.07) is 6.86. The molecule has 0 atom stereocenters. The van der Waals surface area contributed by atoms with Gasteiger partial charge in [-0.2, -0.15) is 0 Å². The lowest BCUT2D eigenvalue weighted by Gasteiger charge is -2.18. The zero-order valence-electron chi connectivity index (χ0n) is 19.3. The van der Waals surface area contributed by atoms with E-state index in [1.165, 1.54) is 18.9 Å². The van der Waals surface area contributed by atoms with Gasteiger partial charge in [0.05, 0.1) is 11.2 Å². The van der Waals surface area contributed by atoms with Crippen LogP contribution in [0.25, 0.3) is 22.0 Å². The summed E-state index contributed by atoms with van der Waals surface area (Å²) < 4.78 is 14.7. The van der Waals surface area contributed by atoms with Crippen LogP contribution in [0.4, 0.5) is 20.7 Å². The van der Waals surface area contributed by atoms with Crippen molar-refractivity contribution in [3.05, 3.63) is 47.5 Å². The number of nitrogens with zero attached hydrogens (tertiary/aromatic N) is 2. The summed E-state index contributed by atoms with van der Waals surface area (Å²) in [5.41, 5.74) is 4.34. The number of anilines is 2. The van der Waals surface area contributed by atoms with Crippen LogP contribution in [0, 0.1) is 19.7 Å². The van der Waals surface area contributed by atoms with Crippen molar-refractivity contribution in [2.24, 2.45) is 0 Å². The van der Waals surface area contributed by atoms with Gasteiger partial charge < -0.3 is 16.0 Å². The van der Waals surface area contributed by atoms with Crippen LogP contribution in [-0.2, 0) is 0 Å². The number of carbonyl (C=O) groups excluding carboxylic acids is 1. The van der Waals surface area contributed by atoms with Crippen LogP contribution < -0.4 is 16.0 Å². The lowest BCUT2D eigenvalue weighted by Crippen LogP contribution is -2.37. The highest BCUT2D eigenvalue weighted by atomic mass is 35.5. The van der Waals surface area contributed by atoms with Crippen LogP contribution in [0.1, 0.15) is 49.8 Å². The maximum atomic E-state index is 14.7. The number of hydrogen-bond donors (Lipinski definition) is 3. The van der Waals surface area contributed by atoms with Crippen molar-refractivity contribution in [3.63, 3.8) is 0 Å². The first-order valence-corrected chi connectivity index (χ1v) is 11.3. The quantitative estimate of drug-likeness (QED) is 0.387. The second-order valence-corrected chi connectivity index (χ2v) is 8.57. The van der Waals surface area contributed by atoms with Crippen molar-refractivity contribution >= 4 is 40.8 Å². The molecule has 1 saturated carbocycles. The Morgan fingerprint density at radius 1 is 1.03 bits per heavy atom. The molecule has 176 valence electrons. The molecule has 0 radical (unpaired) electrons. The summed E-state index contributed by atoms with van der Waals surface area (Å²) in [4.78, 5) is 21.7. The molecule has 33 heavy (non-hydrogen) atoms. The number of halogens is 2. The lowest BCUT2D eigenvalue weighted by atomic mass is 9.97. The monoisotopic (exact) mass is 471 g/mol. The van der Waals surface area contributed by atoms with E-state index in [1.54, 1.807) is 12.3 Å². The third-order valence-electron chi connectivity index (χ3n) is 6.19. The molecular formula is C25H31ClFN5O. The zero-order chi connectivity index (χ0) is 22.7. The minimum Gasteiger partial charge on any atom is -0.373 e. The van der Waals surface area contributed by atoms with Crippen LogP contribution in [0.15, 0.2) is 30.5 Å². The first-order valence-electron chi connectivity index (χ1n) is 11.3. The lowest BCUT2D eigenvalue weighted by molar-refractivity contribution is 0.247. The maximum absolute atomic E-state index is 14.7. The average molecular weight is 472 g/mol. The molecule has 3 N–H and O–H groups in total. The molecule has 1 aliphatic carbocycles. The van der Waals surface area contributed by atoms with E-state index in [-0.39, 0.29) is 30.2 Å². The zero-order valence-corrected chi connectivity index (χ0v) is 20.1. The van der Waals surface area contributed by atoms with E-state index >= 15 is 0 Å². The molecule has 1 aromatic carbocycles. The number of pyridine rings is 2. The van der Waals surface area contributed by atoms with Gasteiger partial charge >= 0.3 is 6.03 Å². The van der Waals surface area contributed by atoms with Gasteiger partial charge in [0.25, 0.3) is 0 Å².